The smallest absolute Gasteiger partial charge is 0.280 e. The number of benzene rings is 2. The van der Waals surface area contributed by atoms with Crippen LogP contribution in [0.25, 0.3) is 16.9 Å². The molecule has 2 heterocycles. The van der Waals surface area contributed by atoms with Crippen LogP contribution in [0.4, 0.5) is 8.78 Å². The summed E-state index contributed by atoms with van der Waals surface area (Å²) in [5, 5.41) is -0.242. The summed E-state index contributed by atoms with van der Waals surface area (Å²) < 4.78 is 34.1. The van der Waals surface area contributed by atoms with Crippen LogP contribution in [0.2, 0.25) is 5.02 Å². The van der Waals surface area contributed by atoms with Crippen molar-refractivity contribution in [2.75, 3.05) is 0 Å². The Labute approximate surface area is 212 Å². The Bertz CT molecular complexity index is 1520. The number of ether oxygens (including phenoxy) is 1. The van der Waals surface area contributed by atoms with E-state index in [0.29, 0.717) is 11.5 Å². The first-order chi connectivity index (χ1) is 17.1. The predicted octanol–water partition coefficient (Wildman–Crippen LogP) is 6.25. The van der Waals surface area contributed by atoms with E-state index in [1.54, 1.807) is 13.1 Å². The van der Waals surface area contributed by atoms with Gasteiger partial charge in [-0.3, -0.25) is 9.36 Å². The monoisotopic (exact) mass is 510 g/mol. The molecule has 0 saturated carbocycles. The Balaban J connectivity index is 1.74. The van der Waals surface area contributed by atoms with Gasteiger partial charge in [-0.1, -0.05) is 37.6 Å². The van der Waals surface area contributed by atoms with Crippen molar-refractivity contribution in [2.45, 2.75) is 47.1 Å². The van der Waals surface area contributed by atoms with Crippen molar-refractivity contribution in [3.63, 3.8) is 0 Å². The molecule has 0 radical (unpaired) electrons. The topological polar surface area (TPSA) is 69.9 Å². The largest absolute Gasteiger partial charge is 0.471 e. The van der Waals surface area contributed by atoms with Gasteiger partial charge in [0.25, 0.3) is 5.56 Å². The second kappa shape index (κ2) is 10.1. The quantitative estimate of drug-likeness (QED) is 0.307. The lowest BCUT2D eigenvalue weighted by Crippen LogP contribution is -2.24. The van der Waals surface area contributed by atoms with Crippen molar-refractivity contribution in [1.29, 1.82) is 0 Å². The molecule has 186 valence electrons. The van der Waals surface area contributed by atoms with Crippen LogP contribution < -0.4 is 10.3 Å². The van der Waals surface area contributed by atoms with Crippen molar-refractivity contribution in [3.05, 3.63) is 97.9 Å². The van der Waals surface area contributed by atoms with Gasteiger partial charge in [-0.05, 0) is 50.1 Å². The number of hydrogen-bond donors (Lipinski definition) is 0. The van der Waals surface area contributed by atoms with Gasteiger partial charge in [-0.2, -0.15) is 4.98 Å². The molecule has 0 aliphatic heterocycles. The molecule has 0 fully saturated rings. The summed E-state index contributed by atoms with van der Waals surface area (Å²) in [6.45, 7) is 9.26. The maximum Gasteiger partial charge on any atom is 0.280 e. The molecule has 4 rings (SSSR count). The lowest BCUT2D eigenvalue weighted by Gasteiger charge is -2.17. The molecule has 36 heavy (non-hydrogen) atoms. The third kappa shape index (κ3) is 4.99. The fourth-order valence-electron chi connectivity index (χ4n) is 3.77. The van der Waals surface area contributed by atoms with Gasteiger partial charge < -0.3 is 4.74 Å². The average Bonchev–Trinajstić information content (AvgIpc) is 2.83. The third-order valence-corrected chi connectivity index (χ3v) is 6.10. The molecule has 0 aliphatic carbocycles. The minimum absolute atomic E-state index is 0.112. The fourth-order valence-corrected chi connectivity index (χ4v) is 3.95. The molecular weight excluding hydrogens is 486 g/mol. The van der Waals surface area contributed by atoms with Crippen LogP contribution in [0.1, 0.15) is 48.1 Å². The lowest BCUT2D eigenvalue weighted by molar-refractivity contribution is 0.285. The van der Waals surface area contributed by atoms with Crippen molar-refractivity contribution in [2.24, 2.45) is 0 Å². The normalized spacial score (nSPS) is 11.2. The highest BCUT2D eigenvalue weighted by Crippen LogP contribution is 2.28. The standard InChI is InChI=1S/C27H25ClF2N4O2/c1-14(2)25-31-12-16(4)24(33-25)18-7-6-15(3)22(10-18)34-17(5)32-26(23(28)27(34)35)36-13-19-8-9-20(29)11-21(19)30/h6-12,14H,13H2,1-5H3. The summed E-state index contributed by atoms with van der Waals surface area (Å²) in [4.78, 5) is 26.8. The number of nitrogens with zero attached hydrogens (tertiary/aromatic N) is 4. The van der Waals surface area contributed by atoms with Crippen LogP contribution in [0.15, 0.2) is 47.4 Å². The Morgan fingerprint density at radius 1 is 1.03 bits per heavy atom. The Hall–Kier alpha value is -3.65. The molecule has 2 aromatic carbocycles. The highest BCUT2D eigenvalue weighted by atomic mass is 35.5. The molecule has 0 unspecified atom stereocenters. The van der Waals surface area contributed by atoms with Gasteiger partial charge in [0.05, 0.1) is 11.4 Å². The van der Waals surface area contributed by atoms with E-state index in [4.69, 9.17) is 21.3 Å². The maximum atomic E-state index is 14.0. The highest BCUT2D eigenvalue weighted by molar-refractivity contribution is 6.31. The first-order valence-corrected chi connectivity index (χ1v) is 11.8. The molecule has 9 heteroatoms. The molecule has 0 amide bonds. The molecule has 0 spiro atoms. The summed E-state index contributed by atoms with van der Waals surface area (Å²) in [6, 6.07) is 8.87. The summed E-state index contributed by atoms with van der Waals surface area (Å²) in [6.07, 6.45) is 1.79. The molecule has 0 N–H and O–H groups in total. The van der Waals surface area contributed by atoms with Crippen molar-refractivity contribution in [1.82, 2.24) is 19.5 Å². The van der Waals surface area contributed by atoms with Crippen LogP contribution in [0.5, 0.6) is 5.88 Å². The van der Waals surface area contributed by atoms with E-state index >= 15 is 0 Å². The number of rotatable bonds is 6. The van der Waals surface area contributed by atoms with Crippen molar-refractivity contribution >= 4 is 11.6 Å². The summed E-state index contributed by atoms with van der Waals surface area (Å²) in [5.74, 6) is -0.346. The zero-order chi connectivity index (χ0) is 26.1. The number of aryl methyl sites for hydroxylation is 3. The molecule has 0 bridgehead atoms. The van der Waals surface area contributed by atoms with Crippen LogP contribution in [-0.4, -0.2) is 19.5 Å². The van der Waals surface area contributed by atoms with Crippen LogP contribution in [-0.2, 0) is 6.61 Å². The summed E-state index contributed by atoms with van der Waals surface area (Å²) >= 11 is 6.35. The lowest BCUT2D eigenvalue weighted by atomic mass is 10.0. The number of halogens is 3. The van der Waals surface area contributed by atoms with E-state index in [1.807, 2.05) is 45.9 Å². The van der Waals surface area contributed by atoms with Crippen LogP contribution >= 0.6 is 11.6 Å². The van der Waals surface area contributed by atoms with E-state index in [1.165, 1.54) is 10.6 Å². The predicted molar refractivity (Wildman–Crippen MR) is 135 cm³/mol. The van der Waals surface area contributed by atoms with Gasteiger partial charge in [0.2, 0.25) is 5.88 Å². The first kappa shape index (κ1) is 25.4. The van der Waals surface area contributed by atoms with E-state index in [-0.39, 0.29) is 29.0 Å². The van der Waals surface area contributed by atoms with Crippen molar-refractivity contribution < 1.29 is 13.5 Å². The van der Waals surface area contributed by atoms with E-state index in [0.717, 1.165) is 40.3 Å². The minimum atomic E-state index is -0.760. The number of aromatic nitrogens is 4. The fraction of sp³-hybridized carbons (Fsp3) is 0.259. The van der Waals surface area contributed by atoms with Crippen molar-refractivity contribution in [3.8, 4) is 22.8 Å². The van der Waals surface area contributed by atoms with Gasteiger partial charge in [0, 0.05) is 29.3 Å². The number of hydrogen-bond acceptors (Lipinski definition) is 5. The SMILES string of the molecule is Cc1ccc(-c2nc(C(C)C)ncc2C)cc1-n1c(C)nc(OCc2ccc(F)cc2F)c(Cl)c1=O. The third-order valence-electron chi connectivity index (χ3n) is 5.78. The molecule has 0 aliphatic rings. The molecule has 2 aromatic heterocycles. The molecule has 6 nitrogen and oxygen atoms in total. The van der Waals surface area contributed by atoms with E-state index in [2.05, 4.69) is 9.97 Å². The molecule has 4 aromatic rings. The molecule has 0 atom stereocenters. The zero-order valence-electron chi connectivity index (χ0n) is 20.6. The summed E-state index contributed by atoms with van der Waals surface area (Å²) in [7, 11) is 0. The second-order valence-electron chi connectivity index (χ2n) is 8.86. The van der Waals surface area contributed by atoms with Gasteiger partial charge in [-0.25, -0.2) is 18.7 Å². The minimum Gasteiger partial charge on any atom is -0.471 e. The van der Waals surface area contributed by atoms with Crippen LogP contribution in [0.3, 0.4) is 0 Å². The van der Waals surface area contributed by atoms with E-state index in [9.17, 15) is 13.6 Å². The molecule has 0 saturated heterocycles. The average molecular weight is 511 g/mol. The first-order valence-electron chi connectivity index (χ1n) is 11.4. The second-order valence-corrected chi connectivity index (χ2v) is 9.24. The molecular formula is C27H25ClF2N4O2. The van der Waals surface area contributed by atoms with Crippen LogP contribution in [0, 0.1) is 32.4 Å². The van der Waals surface area contributed by atoms with Gasteiger partial charge >= 0.3 is 0 Å². The van der Waals surface area contributed by atoms with E-state index < -0.39 is 17.2 Å². The summed E-state index contributed by atoms with van der Waals surface area (Å²) in [5.41, 5.74) is 3.53. The maximum absolute atomic E-state index is 14.0. The van der Waals surface area contributed by atoms with Gasteiger partial charge in [0.1, 0.15) is 29.9 Å². The highest BCUT2D eigenvalue weighted by Gasteiger charge is 2.19. The Kier molecular flexibility index (Phi) is 7.17. The Morgan fingerprint density at radius 2 is 1.78 bits per heavy atom. The Morgan fingerprint density at radius 3 is 2.47 bits per heavy atom. The van der Waals surface area contributed by atoms with Gasteiger partial charge in [-0.15, -0.1) is 0 Å². The van der Waals surface area contributed by atoms with Gasteiger partial charge in [0.15, 0.2) is 5.02 Å². The zero-order valence-corrected chi connectivity index (χ0v) is 21.3.